The van der Waals surface area contributed by atoms with E-state index < -0.39 is 0 Å². The van der Waals surface area contributed by atoms with Gasteiger partial charge in [-0.2, -0.15) is 6.42 Å². The number of hydrogen-bond donors (Lipinski definition) is 0. The fraction of sp³-hybridized carbons (Fsp3) is 0.857. The molecule has 0 aromatic carbocycles. The second kappa shape index (κ2) is 7.80. The van der Waals surface area contributed by atoms with Gasteiger partial charge < -0.3 is 33.4 Å². The molecule has 0 radical (unpaired) electrons. The van der Waals surface area contributed by atoms with E-state index in [1.807, 2.05) is 0 Å². The first-order valence-electron chi connectivity index (χ1n) is 3.37. The van der Waals surface area contributed by atoms with Gasteiger partial charge in [-0.05, 0) is 5.92 Å². The van der Waals surface area contributed by atoms with Crippen LogP contribution in [0.5, 0.6) is 0 Å². The van der Waals surface area contributed by atoms with Crippen molar-refractivity contribution >= 4 is 23.1 Å². The number of rotatable bonds is 2. The fourth-order valence-electron chi connectivity index (χ4n) is 0.841. The second-order valence-corrected chi connectivity index (χ2v) is 2.38. The summed E-state index contributed by atoms with van der Waals surface area (Å²) in [5.41, 5.74) is 0. The molecule has 1 rings (SSSR count). The maximum Gasteiger partial charge on any atom is 2.00 e. The zero-order chi connectivity index (χ0) is 6.69. The van der Waals surface area contributed by atoms with Crippen LogP contribution in [0, 0.1) is 12.8 Å². The van der Waals surface area contributed by atoms with Gasteiger partial charge in [0.1, 0.15) is 0 Å². The molecule has 0 unspecified atom stereocenters. The summed E-state index contributed by atoms with van der Waals surface area (Å²) in [6.07, 6.45) is 0.896. The molecule has 0 amide bonds. The van der Waals surface area contributed by atoms with Gasteiger partial charge in [-0.25, -0.2) is 0 Å². The van der Waals surface area contributed by atoms with E-state index >= 15 is 0 Å². The summed E-state index contributed by atoms with van der Waals surface area (Å²) in [4.78, 5) is 0. The average Bonchev–Trinajstić information content (AvgIpc) is 2.37. The van der Waals surface area contributed by atoms with Gasteiger partial charge in [0.05, 0.1) is 13.2 Å². The van der Waals surface area contributed by atoms with Crippen molar-refractivity contribution < 1.29 is 26.5 Å². The molecule has 0 spiro atoms. The van der Waals surface area contributed by atoms with Crippen LogP contribution in [0.1, 0.15) is 13.3 Å². The Balaban J connectivity index is 0. The zero-order valence-electron chi connectivity index (χ0n) is 6.88. The summed E-state index contributed by atoms with van der Waals surface area (Å²) in [6.45, 7) is 7.35. The molecule has 11 heavy (non-hydrogen) atoms. The molecule has 0 aromatic heterocycles. The summed E-state index contributed by atoms with van der Waals surface area (Å²) in [6, 6.07) is 0. The Morgan fingerprint density at radius 2 is 1.91 bits per heavy atom. The maximum absolute atomic E-state index is 5.24. The van der Waals surface area contributed by atoms with E-state index in [9.17, 15) is 0 Å². The third-order valence-corrected chi connectivity index (χ3v) is 1.57. The van der Waals surface area contributed by atoms with Crippen LogP contribution in [-0.2, 0) is 9.47 Å². The van der Waals surface area contributed by atoms with Crippen LogP contribution in [0.2, 0.25) is 0 Å². The third kappa shape index (κ3) is 4.67. The van der Waals surface area contributed by atoms with Gasteiger partial charge in [0.2, 0.25) is 0 Å². The maximum atomic E-state index is 5.24. The number of ether oxygens (including phenoxy) is 2. The van der Waals surface area contributed by atoms with Crippen molar-refractivity contribution in [1.82, 2.24) is 0 Å². The fourth-order valence-corrected chi connectivity index (χ4v) is 0.841. The normalized spacial score (nSPS) is 20.2. The van der Waals surface area contributed by atoms with Crippen LogP contribution in [0.25, 0.3) is 0 Å². The van der Waals surface area contributed by atoms with Gasteiger partial charge in [0.15, 0.2) is 6.29 Å². The van der Waals surface area contributed by atoms with Crippen molar-refractivity contribution in [2.24, 2.45) is 5.92 Å². The molecular weight excluding hydrogens is 220 g/mol. The van der Waals surface area contributed by atoms with Crippen molar-refractivity contribution in [2.75, 3.05) is 13.2 Å². The third-order valence-electron chi connectivity index (χ3n) is 1.57. The van der Waals surface area contributed by atoms with E-state index in [0.717, 1.165) is 19.6 Å². The predicted octanol–water partition coefficient (Wildman–Crippen LogP) is -2.16. The molecule has 0 aliphatic carbocycles. The first-order chi connectivity index (χ1) is 4.34. The van der Waals surface area contributed by atoms with E-state index in [0.29, 0.717) is 5.92 Å². The molecule has 1 heterocycles. The Bertz CT molecular complexity index is 86.5. The summed E-state index contributed by atoms with van der Waals surface area (Å²) in [5, 5.41) is 0. The number of halogens is 1. The van der Waals surface area contributed by atoms with Crippen molar-refractivity contribution in [1.29, 1.82) is 0 Å². The van der Waals surface area contributed by atoms with Crippen LogP contribution in [0.4, 0.5) is 0 Å². The van der Waals surface area contributed by atoms with E-state index in [1.54, 1.807) is 0 Å². The Kier molecular flexibility index (Phi) is 10.4. The largest absolute Gasteiger partial charge is 2.00 e. The summed E-state index contributed by atoms with van der Waals surface area (Å²) >= 11 is 0. The molecule has 0 N–H and O–H groups in total. The first-order valence-corrected chi connectivity index (χ1v) is 3.37. The summed E-state index contributed by atoms with van der Waals surface area (Å²) < 4.78 is 10.5. The van der Waals surface area contributed by atoms with E-state index in [2.05, 4.69) is 13.8 Å². The summed E-state index contributed by atoms with van der Waals surface area (Å²) in [5.74, 6) is 0.437. The second-order valence-electron chi connectivity index (χ2n) is 2.38. The van der Waals surface area contributed by atoms with Gasteiger partial charge in [0.25, 0.3) is 0 Å². The predicted molar refractivity (Wildman–Crippen MR) is 40.6 cm³/mol. The smallest absolute Gasteiger partial charge is 1.00 e. The molecule has 2 nitrogen and oxygen atoms in total. The topological polar surface area (TPSA) is 18.5 Å². The molecule has 4 heteroatoms. The van der Waals surface area contributed by atoms with Crippen LogP contribution < -0.4 is 17.0 Å². The van der Waals surface area contributed by atoms with Gasteiger partial charge in [-0.15, -0.1) is 0 Å². The van der Waals surface area contributed by atoms with E-state index in [1.165, 1.54) is 0 Å². The Labute approximate surface area is 94.9 Å². The molecular formula is C7H13BrMgO2. The molecule has 62 valence electrons. The van der Waals surface area contributed by atoms with Gasteiger partial charge >= 0.3 is 23.1 Å². The molecule has 1 saturated heterocycles. The van der Waals surface area contributed by atoms with Crippen LogP contribution >= 0.6 is 0 Å². The van der Waals surface area contributed by atoms with Crippen LogP contribution in [0.15, 0.2) is 0 Å². The van der Waals surface area contributed by atoms with Crippen molar-refractivity contribution in [2.45, 2.75) is 19.6 Å². The first kappa shape index (κ1) is 14.7. The van der Waals surface area contributed by atoms with Crippen LogP contribution in [0.3, 0.4) is 0 Å². The number of hydrogen-bond acceptors (Lipinski definition) is 2. The summed E-state index contributed by atoms with van der Waals surface area (Å²) in [7, 11) is 0. The molecule has 0 bridgehead atoms. The monoisotopic (exact) mass is 232 g/mol. The van der Waals surface area contributed by atoms with Gasteiger partial charge in [0, 0.05) is 0 Å². The van der Waals surface area contributed by atoms with Gasteiger partial charge in [-0.1, -0.05) is 6.92 Å². The molecule has 0 saturated carbocycles. The molecule has 0 aromatic rings. The molecule has 1 aliphatic rings. The standard InChI is InChI=1S/C7H13O2.BrH.Mg/c1-3-6(2)7-8-4-5-9-7;;/h6-7H,1,3-5H2,2H3;1H;/q-1;;+2/p-1/t6-;;/m0../s1. The van der Waals surface area contributed by atoms with Crippen molar-refractivity contribution in [3.63, 3.8) is 0 Å². The molecule has 1 fully saturated rings. The Morgan fingerprint density at radius 1 is 1.45 bits per heavy atom. The average molecular weight is 233 g/mol. The van der Waals surface area contributed by atoms with Crippen molar-refractivity contribution in [3.8, 4) is 0 Å². The van der Waals surface area contributed by atoms with Crippen molar-refractivity contribution in [3.05, 3.63) is 6.92 Å². The molecule has 1 atom stereocenters. The minimum atomic E-state index is 0. The Hall–Kier alpha value is 1.17. The quantitative estimate of drug-likeness (QED) is 0.400. The molecule has 1 aliphatic heterocycles. The van der Waals surface area contributed by atoms with E-state index in [4.69, 9.17) is 9.47 Å². The minimum absolute atomic E-state index is 0. The SMILES string of the molecule is [Br-].[CH2-]C[C@H](C)C1OCCO1.[Mg+2]. The van der Waals surface area contributed by atoms with Crippen LogP contribution in [-0.4, -0.2) is 42.6 Å². The van der Waals surface area contributed by atoms with E-state index in [-0.39, 0.29) is 46.3 Å². The minimum Gasteiger partial charge on any atom is -1.00 e. The zero-order valence-corrected chi connectivity index (χ0v) is 9.88. The Morgan fingerprint density at radius 3 is 2.27 bits per heavy atom. The van der Waals surface area contributed by atoms with Gasteiger partial charge in [-0.3, -0.25) is 0 Å².